The van der Waals surface area contributed by atoms with Gasteiger partial charge in [-0.2, -0.15) is 0 Å². The molecule has 0 unspecified atom stereocenters. The van der Waals surface area contributed by atoms with Crippen LogP contribution in [0.15, 0.2) is 112 Å². The maximum absolute atomic E-state index is 13.1. The Kier molecular flexibility index (Phi) is 14.2. The molecular weight excluding hydrogens is 957 g/mol. The zero-order valence-corrected chi connectivity index (χ0v) is 43.3. The molecule has 0 radical (unpaired) electrons. The van der Waals surface area contributed by atoms with Crippen LogP contribution in [0.1, 0.15) is 102 Å². The van der Waals surface area contributed by atoms with Crippen molar-refractivity contribution in [3.05, 3.63) is 113 Å². The molecule has 3 fully saturated rings. The maximum atomic E-state index is 13.1. The van der Waals surface area contributed by atoms with Gasteiger partial charge in [0.2, 0.25) is 0 Å². The third-order valence-corrected chi connectivity index (χ3v) is 17.6. The quantitative estimate of drug-likeness (QED) is 0.146. The predicted octanol–water partition coefficient (Wildman–Crippen LogP) is 9.11. The highest BCUT2D eigenvalue weighted by atomic mass is 79.9. The van der Waals surface area contributed by atoms with Crippen molar-refractivity contribution in [3.8, 4) is 0 Å². The van der Waals surface area contributed by atoms with Crippen molar-refractivity contribution in [2.45, 2.75) is 148 Å². The van der Waals surface area contributed by atoms with E-state index in [1.807, 2.05) is 96.9 Å². The summed E-state index contributed by atoms with van der Waals surface area (Å²) in [4.78, 5) is 8.79. The largest absolute Gasteiger partial charge is 0.497 e. The molecule has 0 atom stereocenters. The lowest BCUT2D eigenvalue weighted by Crippen LogP contribution is -2.41. The van der Waals surface area contributed by atoms with Crippen LogP contribution in [-0.4, -0.2) is 89.5 Å². The zero-order valence-electron chi connectivity index (χ0n) is 40.0. The van der Waals surface area contributed by atoms with Crippen LogP contribution in [0.4, 0.5) is 0 Å². The van der Waals surface area contributed by atoms with Gasteiger partial charge in [-0.3, -0.25) is 9.97 Å². The second kappa shape index (κ2) is 18.2. The zero-order chi connectivity index (χ0) is 48.6. The van der Waals surface area contributed by atoms with Crippen LogP contribution in [0.3, 0.4) is 0 Å². The van der Waals surface area contributed by atoms with E-state index in [0.29, 0.717) is 16.5 Å². The van der Waals surface area contributed by atoms with Gasteiger partial charge < -0.3 is 27.9 Å². The minimum absolute atomic E-state index is 0. The van der Waals surface area contributed by atoms with E-state index in [0.717, 1.165) is 26.4 Å². The molecule has 3 aliphatic heterocycles. The highest BCUT2D eigenvalue weighted by Gasteiger charge is 2.63. The lowest BCUT2D eigenvalue weighted by atomic mass is 9.49. The van der Waals surface area contributed by atoms with Crippen molar-refractivity contribution in [3.63, 3.8) is 0 Å². The van der Waals surface area contributed by atoms with Crippen molar-refractivity contribution in [2.24, 2.45) is 0 Å². The van der Waals surface area contributed by atoms with Gasteiger partial charge in [-0.05, 0) is 149 Å². The molecule has 4 aromatic heterocycles. The summed E-state index contributed by atoms with van der Waals surface area (Å²) in [5, 5.41) is 1.56. The van der Waals surface area contributed by atoms with Gasteiger partial charge in [-0.15, -0.1) is 0 Å². The first-order valence-corrected chi connectivity index (χ1v) is 25.4. The molecule has 14 nitrogen and oxygen atoms in total. The van der Waals surface area contributed by atoms with Crippen LogP contribution in [0.2, 0.25) is 0 Å². The number of rotatable bonds is 6. The van der Waals surface area contributed by atoms with Gasteiger partial charge in [-0.1, -0.05) is 42.8 Å². The van der Waals surface area contributed by atoms with Crippen molar-refractivity contribution >= 4 is 84.4 Å². The maximum Gasteiger partial charge on any atom is 0.497 e. The number of nitrogens with zero attached hydrogens (tertiary/aromatic N) is 4. The van der Waals surface area contributed by atoms with E-state index in [1.165, 1.54) is 7.94 Å². The third kappa shape index (κ3) is 9.84. The van der Waals surface area contributed by atoms with E-state index in [9.17, 15) is 16.8 Å². The molecule has 2 aromatic carbocycles. The fourth-order valence-corrected chi connectivity index (χ4v) is 10.4. The summed E-state index contributed by atoms with van der Waals surface area (Å²) in [6.07, 6.45) is 9.52. The molecule has 9 rings (SSSR count). The number of aryl methyl sites for hydroxylation is 2. The molecule has 7 heterocycles. The average Bonchev–Trinajstić information content (AvgIpc) is 4.00. The SMILES string of the molecule is C.CC1(C)OB(B2OC(C)(C)C(C)(C)O2)OC1(C)C.Cc1ccc(S(=O)(=O)n2ccc3c(B4OC(C)(C)C(C)(C)O4)cncc32)cc1.Cc1ccc(S(=O)(=O)n2ccc3c(Br)cncc32)cc1. The first-order valence-electron chi connectivity index (χ1n) is 21.7. The Morgan fingerprint density at radius 3 is 1.19 bits per heavy atom. The fraction of sp³-hybridized carbons (Fsp3) is 0.447. The number of benzene rings is 2. The van der Waals surface area contributed by atoms with Crippen molar-refractivity contribution in [1.29, 1.82) is 0 Å². The topological polar surface area (TPSA) is 159 Å². The predicted molar refractivity (Wildman–Crippen MR) is 269 cm³/mol. The number of fused-ring (bicyclic) bond motifs is 2. The number of hydrogen-bond acceptors (Lipinski definition) is 12. The number of hydrogen-bond donors (Lipinski definition) is 0. The number of pyridine rings is 2. The molecule has 67 heavy (non-hydrogen) atoms. The molecule has 3 saturated heterocycles. The molecule has 0 spiro atoms. The summed E-state index contributed by atoms with van der Waals surface area (Å²) in [5.74, 6) is 0. The minimum Gasteiger partial charge on any atom is -0.405 e. The molecule has 0 amide bonds. The van der Waals surface area contributed by atoms with Crippen molar-refractivity contribution < 1.29 is 44.8 Å². The van der Waals surface area contributed by atoms with Crippen molar-refractivity contribution in [2.75, 3.05) is 0 Å². The summed E-state index contributed by atoms with van der Waals surface area (Å²) in [7, 11) is -8.89. The Morgan fingerprint density at radius 1 is 0.478 bits per heavy atom. The average molecular weight is 1020 g/mol. The lowest BCUT2D eigenvalue weighted by molar-refractivity contribution is 0.00578. The summed E-state index contributed by atoms with van der Waals surface area (Å²) in [6.45, 7) is 28.0. The molecular formula is C47H62B3BrN4O10S2. The van der Waals surface area contributed by atoms with Gasteiger partial charge in [0, 0.05) is 45.5 Å². The fourth-order valence-electron chi connectivity index (χ4n) is 7.28. The van der Waals surface area contributed by atoms with E-state index < -0.39 is 52.4 Å². The molecule has 358 valence electrons. The molecule has 6 aromatic rings. The molecule has 3 aliphatic rings. The van der Waals surface area contributed by atoms with Crippen molar-refractivity contribution in [1.82, 2.24) is 17.9 Å². The highest BCUT2D eigenvalue weighted by Crippen LogP contribution is 2.43. The van der Waals surface area contributed by atoms with Gasteiger partial charge in [0.05, 0.1) is 66.8 Å². The smallest absolute Gasteiger partial charge is 0.405 e. The van der Waals surface area contributed by atoms with E-state index >= 15 is 0 Å². The number of halogens is 1. The summed E-state index contributed by atoms with van der Waals surface area (Å²) in [5.41, 5.74) is 1.37. The Morgan fingerprint density at radius 2 is 0.806 bits per heavy atom. The monoisotopic (exact) mass is 1020 g/mol. The van der Waals surface area contributed by atoms with Crippen LogP contribution in [0.5, 0.6) is 0 Å². The Bertz CT molecular complexity index is 2910. The second-order valence-electron chi connectivity index (χ2n) is 19.9. The Labute approximate surface area is 406 Å². The van der Waals surface area contributed by atoms with Crippen LogP contribution >= 0.6 is 15.9 Å². The lowest BCUT2D eigenvalue weighted by Gasteiger charge is -2.32. The van der Waals surface area contributed by atoms with Gasteiger partial charge >= 0.3 is 21.1 Å². The van der Waals surface area contributed by atoms with Crippen LogP contribution in [0.25, 0.3) is 21.8 Å². The normalized spacial score (nSPS) is 20.0. The van der Waals surface area contributed by atoms with Gasteiger partial charge in [0.15, 0.2) is 0 Å². The van der Waals surface area contributed by atoms with E-state index in [1.54, 1.807) is 97.8 Å². The summed E-state index contributed by atoms with van der Waals surface area (Å²) >= 11 is 3.37. The highest BCUT2D eigenvalue weighted by molar-refractivity contribution is 9.10. The molecule has 0 saturated carbocycles. The third-order valence-electron chi connectivity index (χ3n) is 13.6. The van der Waals surface area contributed by atoms with E-state index in [2.05, 4.69) is 25.9 Å². The first kappa shape index (κ1) is 52.5. The molecule has 20 heteroatoms. The Hall–Kier alpha value is -3.85. The second-order valence-corrected chi connectivity index (χ2v) is 24.4. The molecule has 0 N–H and O–H groups in total. The van der Waals surface area contributed by atoms with Gasteiger partial charge in [-0.25, -0.2) is 24.8 Å². The van der Waals surface area contributed by atoms with Gasteiger partial charge in [0.25, 0.3) is 20.0 Å². The van der Waals surface area contributed by atoms with Crippen LogP contribution in [0, 0.1) is 13.8 Å². The Balaban J connectivity index is 0.000000170. The van der Waals surface area contributed by atoms with E-state index in [4.69, 9.17) is 27.9 Å². The van der Waals surface area contributed by atoms with Gasteiger partial charge in [0.1, 0.15) is 0 Å². The minimum atomic E-state index is -3.73. The molecule has 0 aliphatic carbocycles. The van der Waals surface area contributed by atoms with E-state index in [-0.39, 0.29) is 39.6 Å². The first-order chi connectivity index (χ1) is 30.4. The van der Waals surface area contributed by atoms with Crippen LogP contribution in [-0.2, 0) is 48.0 Å². The molecule has 0 bridgehead atoms. The summed E-state index contributed by atoms with van der Waals surface area (Å²) in [6, 6.07) is 17.1. The summed E-state index contributed by atoms with van der Waals surface area (Å²) < 4.78 is 91.0. The number of aromatic nitrogens is 4. The standard InChI is InChI=1S/C20H23BN2O4S.C14H11BrN2O2S.C12H24B2O4.CH4/c1-14-6-8-15(9-7-14)28(24,25)23-11-10-16-17(12-22-13-18(16)23)21-26-19(2,3)20(4,5)27-21;1-10-2-4-11(5-3-10)20(18,19)17-7-6-12-13(15)8-16-9-14(12)17;1-9(2)10(3,4)16-13(15-9)14-17-11(5,6)12(7,8)18-14;/h6-13H,1-5H3;2-9H,1H3;1-8H3;1H4. The van der Waals surface area contributed by atoms with Crippen LogP contribution < -0.4 is 5.46 Å².